The summed E-state index contributed by atoms with van der Waals surface area (Å²) in [5.41, 5.74) is 1.76. The van der Waals surface area contributed by atoms with Gasteiger partial charge in [0.2, 0.25) is 0 Å². The molecule has 1 unspecified atom stereocenters. The van der Waals surface area contributed by atoms with Crippen LogP contribution in [0.3, 0.4) is 0 Å². The average molecular weight is 268 g/mol. The summed E-state index contributed by atoms with van der Waals surface area (Å²) < 4.78 is 6.31. The van der Waals surface area contributed by atoms with Gasteiger partial charge in [0.1, 0.15) is 5.82 Å². The fourth-order valence-electron chi connectivity index (χ4n) is 1.84. The Morgan fingerprint density at radius 1 is 1.53 bits per heavy atom. The predicted molar refractivity (Wildman–Crippen MR) is 59.8 cm³/mol. The molecule has 78 valence electrons. The van der Waals surface area contributed by atoms with Gasteiger partial charge in [-0.2, -0.15) is 0 Å². The third kappa shape index (κ3) is 1.66. The largest absolute Gasteiger partial charge is 0.381 e. The number of pyridine rings is 1. The average Bonchev–Trinajstić information content (AvgIpc) is 2.84. The third-order valence-corrected chi connectivity index (χ3v) is 3.07. The topological polar surface area (TPSA) is 50.8 Å². The highest BCUT2D eigenvalue weighted by Gasteiger charge is 2.21. The van der Waals surface area contributed by atoms with Crippen LogP contribution in [0.2, 0.25) is 0 Å². The second-order valence-electron chi connectivity index (χ2n) is 3.71. The van der Waals surface area contributed by atoms with E-state index in [0.717, 1.165) is 41.1 Å². The molecule has 3 rings (SSSR count). The van der Waals surface area contributed by atoms with Gasteiger partial charge in [0.05, 0.1) is 12.1 Å². The Bertz CT molecular complexity index is 490. The lowest BCUT2D eigenvalue weighted by Gasteiger charge is -2.00. The van der Waals surface area contributed by atoms with Crippen molar-refractivity contribution in [2.45, 2.75) is 12.3 Å². The monoisotopic (exact) mass is 267 g/mol. The minimum Gasteiger partial charge on any atom is -0.381 e. The molecule has 1 aliphatic rings. The van der Waals surface area contributed by atoms with E-state index in [1.54, 1.807) is 6.20 Å². The molecule has 0 amide bonds. The van der Waals surface area contributed by atoms with E-state index in [0.29, 0.717) is 5.92 Å². The number of aromatic nitrogens is 3. The van der Waals surface area contributed by atoms with Gasteiger partial charge in [-0.15, -0.1) is 0 Å². The normalized spacial score (nSPS) is 21.3. The van der Waals surface area contributed by atoms with Crippen LogP contribution in [0.15, 0.2) is 16.7 Å². The molecule has 3 heterocycles. The predicted octanol–water partition coefficient (Wildman–Crippen LogP) is 2.22. The van der Waals surface area contributed by atoms with Gasteiger partial charge in [-0.3, -0.25) is 0 Å². The van der Waals surface area contributed by atoms with Gasteiger partial charge >= 0.3 is 0 Å². The molecule has 1 saturated heterocycles. The Morgan fingerprint density at radius 3 is 3.27 bits per heavy atom. The smallest absolute Gasteiger partial charge is 0.177 e. The van der Waals surface area contributed by atoms with Crippen molar-refractivity contribution in [1.82, 2.24) is 15.0 Å². The molecule has 2 aromatic rings. The summed E-state index contributed by atoms with van der Waals surface area (Å²) >= 11 is 3.39. The first kappa shape index (κ1) is 9.30. The first-order valence-corrected chi connectivity index (χ1v) is 5.71. The Labute approximate surface area is 95.2 Å². The van der Waals surface area contributed by atoms with Crippen molar-refractivity contribution >= 4 is 27.1 Å². The molecule has 1 fully saturated rings. The van der Waals surface area contributed by atoms with Crippen LogP contribution >= 0.6 is 15.9 Å². The first-order valence-electron chi connectivity index (χ1n) is 4.92. The molecule has 0 radical (unpaired) electrons. The molecule has 0 aromatic carbocycles. The van der Waals surface area contributed by atoms with Crippen molar-refractivity contribution in [3.63, 3.8) is 0 Å². The number of ether oxygens (including phenoxy) is 1. The van der Waals surface area contributed by atoms with Crippen molar-refractivity contribution in [3.05, 3.63) is 22.6 Å². The van der Waals surface area contributed by atoms with Gasteiger partial charge in [-0.1, -0.05) is 0 Å². The summed E-state index contributed by atoms with van der Waals surface area (Å²) in [6.07, 6.45) is 2.80. The van der Waals surface area contributed by atoms with E-state index in [2.05, 4.69) is 30.9 Å². The van der Waals surface area contributed by atoms with Gasteiger partial charge in [0.25, 0.3) is 0 Å². The minimum atomic E-state index is 0.401. The van der Waals surface area contributed by atoms with Gasteiger partial charge in [0, 0.05) is 23.2 Å². The van der Waals surface area contributed by atoms with E-state index in [4.69, 9.17) is 4.74 Å². The highest BCUT2D eigenvalue weighted by Crippen LogP contribution is 2.25. The molecule has 0 saturated carbocycles. The Kier molecular flexibility index (Phi) is 2.21. The highest BCUT2D eigenvalue weighted by molar-refractivity contribution is 9.10. The number of nitrogens with zero attached hydrogens (tertiary/aromatic N) is 2. The van der Waals surface area contributed by atoms with Crippen LogP contribution in [0.25, 0.3) is 11.2 Å². The van der Waals surface area contributed by atoms with Crippen LogP contribution in [0.4, 0.5) is 0 Å². The molecule has 5 heteroatoms. The fraction of sp³-hybridized carbons (Fsp3) is 0.400. The van der Waals surface area contributed by atoms with Crippen molar-refractivity contribution in [3.8, 4) is 0 Å². The molecule has 1 aliphatic heterocycles. The van der Waals surface area contributed by atoms with Crippen molar-refractivity contribution in [1.29, 1.82) is 0 Å². The molecular formula is C10H10BrN3O. The fourth-order valence-corrected chi connectivity index (χ4v) is 2.17. The lowest BCUT2D eigenvalue weighted by Crippen LogP contribution is -1.99. The van der Waals surface area contributed by atoms with Gasteiger partial charge < -0.3 is 9.72 Å². The van der Waals surface area contributed by atoms with Crippen molar-refractivity contribution in [2.24, 2.45) is 0 Å². The standard InChI is InChI=1S/C10H10BrN3O/c11-7-3-8-10(12-4-7)14-9(13-8)6-1-2-15-5-6/h3-4,6H,1-2,5H2,(H,12,13,14). The lowest BCUT2D eigenvalue weighted by atomic mass is 10.1. The molecule has 1 N–H and O–H groups in total. The Hall–Kier alpha value is -0.940. The van der Waals surface area contributed by atoms with Crippen LogP contribution in [-0.2, 0) is 4.74 Å². The maximum absolute atomic E-state index is 5.34. The van der Waals surface area contributed by atoms with E-state index >= 15 is 0 Å². The SMILES string of the molecule is Brc1cnc2nc(C3CCOC3)[nH]c2c1. The summed E-state index contributed by atoms with van der Waals surface area (Å²) in [6.45, 7) is 1.60. The Balaban J connectivity index is 2.05. The van der Waals surface area contributed by atoms with Crippen LogP contribution in [0, 0.1) is 0 Å². The molecule has 0 bridgehead atoms. The highest BCUT2D eigenvalue weighted by atomic mass is 79.9. The summed E-state index contributed by atoms with van der Waals surface area (Å²) in [5, 5.41) is 0. The molecule has 2 aromatic heterocycles. The third-order valence-electron chi connectivity index (χ3n) is 2.64. The summed E-state index contributed by atoms with van der Waals surface area (Å²) in [7, 11) is 0. The van der Waals surface area contributed by atoms with E-state index < -0.39 is 0 Å². The number of fused-ring (bicyclic) bond motifs is 1. The number of aromatic amines is 1. The van der Waals surface area contributed by atoms with Gasteiger partial charge in [-0.05, 0) is 28.4 Å². The van der Waals surface area contributed by atoms with Crippen molar-refractivity contribution < 1.29 is 4.74 Å². The van der Waals surface area contributed by atoms with E-state index in [-0.39, 0.29) is 0 Å². The van der Waals surface area contributed by atoms with Crippen molar-refractivity contribution in [2.75, 3.05) is 13.2 Å². The first-order chi connectivity index (χ1) is 7.33. The maximum atomic E-state index is 5.34. The molecule has 15 heavy (non-hydrogen) atoms. The van der Waals surface area contributed by atoms with E-state index in [1.165, 1.54) is 0 Å². The zero-order chi connectivity index (χ0) is 10.3. The van der Waals surface area contributed by atoms with E-state index in [9.17, 15) is 0 Å². The van der Waals surface area contributed by atoms with Crippen LogP contribution < -0.4 is 0 Å². The number of imidazole rings is 1. The number of hydrogen-bond acceptors (Lipinski definition) is 3. The summed E-state index contributed by atoms with van der Waals surface area (Å²) in [5.74, 6) is 1.39. The molecular weight excluding hydrogens is 258 g/mol. The van der Waals surface area contributed by atoms with Crippen LogP contribution in [-0.4, -0.2) is 28.2 Å². The molecule has 0 aliphatic carbocycles. The van der Waals surface area contributed by atoms with Gasteiger partial charge in [-0.25, -0.2) is 9.97 Å². The number of hydrogen-bond donors (Lipinski definition) is 1. The molecule has 4 nitrogen and oxygen atoms in total. The summed E-state index contributed by atoms with van der Waals surface area (Å²) in [4.78, 5) is 12.0. The van der Waals surface area contributed by atoms with E-state index in [1.807, 2.05) is 6.07 Å². The van der Waals surface area contributed by atoms with Gasteiger partial charge in [0.15, 0.2) is 5.65 Å². The lowest BCUT2D eigenvalue weighted by molar-refractivity contribution is 0.193. The second-order valence-corrected chi connectivity index (χ2v) is 4.62. The zero-order valence-corrected chi connectivity index (χ0v) is 9.62. The zero-order valence-electron chi connectivity index (χ0n) is 8.03. The number of halogens is 1. The number of H-pyrrole nitrogens is 1. The second kappa shape index (κ2) is 3.57. The molecule has 0 spiro atoms. The summed E-state index contributed by atoms with van der Waals surface area (Å²) in [6, 6.07) is 1.99. The maximum Gasteiger partial charge on any atom is 0.177 e. The quantitative estimate of drug-likeness (QED) is 0.862. The molecule has 1 atom stereocenters. The number of rotatable bonds is 1. The van der Waals surface area contributed by atoms with Crippen LogP contribution in [0.1, 0.15) is 18.2 Å². The number of nitrogens with one attached hydrogen (secondary N) is 1. The Morgan fingerprint density at radius 2 is 2.47 bits per heavy atom. The minimum absolute atomic E-state index is 0.401. The van der Waals surface area contributed by atoms with Crippen LogP contribution in [0.5, 0.6) is 0 Å².